The number of unbranched alkanes of at least 4 members (excludes halogenated alkanes) is 27. The summed E-state index contributed by atoms with van der Waals surface area (Å²) in [5.74, 6) is -0.337. The van der Waals surface area contributed by atoms with E-state index >= 15 is 0 Å². The number of carbonyl (C=O) groups is 1. The van der Waals surface area contributed by atoms with Crippen LogP contribution < -0.4 is 4.89 Å². The molecule has 0 saturated carbocycles. The summed E-state index contributed by atoms with van der Waals surface area (Å²) >= 11 is 0. The highest BCUT2D eigenvalue weighted by molar-refractivity contribution is 7.45. The molecule has 370 valence electrons. The minimum Gasteiger partial charge on any atom is -0.756 e. The number of phosphoric acid groups is 1. The van der Waals surface area contributed by atoms with Crippen molar-refractivity contribution < 1.29 is 37.3 Å². The Morgan fingerprint density at radius 2 is 0.873 bits per heavy atom. The highest BCUT2D eigenvalue weighted by Crippen LogP contribution is 2.38. The van der Waals surface area contributed by atoms with Gasteiger partial charge in [0.15, 0.2) is 0 Å². The number of quaternary nitrogens is 1. The molecule has 0 aromatic rings. The summed E-state index contributed by atoms with van der Waals surface area (Å²) in [6.07, 6.45) is 58.5. The van der Waals surface area contributed by atoms with Crippen LogP contribution in [-0.2, 0) is 27.9 Å². The van der Waals surface area contributed by atoms with Gasteiger partial charge in [-0.15, -0.1) is 0 Å². The zero-order valence-electron chi connectivity index (χ0n) is 42.0. The van der Waals surface area contributed by atoms with E-state index in [0.717, 1.165) is 57.8 Å². The van der Waals surface area contributed by atoms with Crippen molar-refractivity contribution in [1.82, 2.24) is 0 Å². The van der Waals surface area contributed by atoms with E-state index in [4.69, 9.17) is 18.5 Å². The lowest BCUT2D eigenvalue weighted by atomic mass is 10.0. The Kier molecular flexibility index (Phi) is 45.8. The first-order chi connectivity index (χ1) is 30.6. The number of esters is 1. The molecule has 8 nitrogen and oxygen atoms in total. The van der Waals surface area contributed by atoms with Gasteiger partial charge in [0, 0.05) is 13.0 Å². The van der Waals surface area contributed by atoms with Crippen LogP contribution in [0.5, 0.6) is 0 Å². The minimum atomic E-state index is -4.53. The standard InChI is InChI=1S/C54H102NO7P/c1-6-8-10-12-14-16-18-20-22-24-25-26-27-28-29-30-31-32-33-35-37-39-41-43-45-47-54(56)62-53(52-61-63(57,58)60-50-48-55(3,4)5)51-59-49-46-44-42-40-38-36-34-23-21-19-17-15-13-11-9-7-2/h15,17-18,20-21,23-25,53H,6-14,16,19,22,26-52H2,1-5H3/b17-15-,20-18-,23-21-,25-24-. The molecule has 63 heavy (non-hydrogen) atoms. The molecule has 2 atom stereocenters. The number of allylic oxidation sites excluding steroid dienone is 8. The van der Waals surface area contributed by atoms with Crippen LogP contribution in [0.15, 0.2) is 48.6 Å². The summed E-state index contributed by atoms with van der Waals surface area (Å²) in [5, 5.41) is 0. The van der Waals surface area contributed by atoms with Crippen LogP contribution >= 0.6 is 7.82 Å². The summed E-state index contributed by atoms with van der Waals surface area (Å²) in [5.41, 5.74) is 0. The average Bonchev–Trinajstić information content (AvgIpc) is 3.24. The molecule has 9 heteroatoms. The van der Waals surface area contributed by atoms with Crippen LogP contribution in [-0.4, -0.2) is 70.7 Å². The fourth-order valence-electron chi connectivity index (χ4n) is 7.25. The normalized spacial score (nSPS) is 13.9. The Morgan fingerprint density at radius 3 is 1.32 bits per heavy atom. The first-order valence-corrected chi connectivity index (χ1v) is 27.8. The maximum atomic E-state index is 12.8. The van der Waals surface area contributed by atoms with Gasteiger partial charge in [0.2, 0.25) is 0 Å². The molecule has 0 rings (SSSR count). The van der Waals surface area contributed by atoms with Crippen molar-refractivity contribution in [3.63, 3.8) is 0 Å². The highest BCUT2D eigenvalue weighted by atomic mass is 31.2. The molecule has 0 spiro atoms. The van der Waals surface area contributed by atoms with Gasteiger partial charge in [0.1, 0.15) is 19.3 Å². The SMILES string of the molecule is CCCCC/C=C\C/C=C\CCCCCCCCOCC(COP(=O)([O-])OCC[N+](C)(C)C)OC(=O)CCCCCCCCCCCCCCC/C=C\C/C=C\CCCCCCC. The van der Waals surface area contributed by atoms with Crippen molar-refractivity contribution in [2.24, 2.45) is 0 Å². The second-order valence-electron chi connectivity index (χ2n) is 18.9. The Balaban J connectivity index is 4.10. The van der Waals surface area contributed by atoms with Gasteiger partial charge in [0.05, 0.1) is 34.4 Å². The van der Waals surface area contributed by atoms with E-state index in [2.05, 4.69) is 62.5 Å². The van der Waals surface area contributed by atoms with Crippen molar-refractivity contribution >= 4 is 13.8 Å². The molecule has 0 fully saturated rings. The topological polar surface area (TPSA) is 94.1 Å². The van der Waals surface area contributed by atoms with Gasteiger partial charge in [-0.25, -0.2) is 0 Å². The average molecular weight is 908 g/mol. The zero-order valence-corrected chi connectivity index (χ0v) is 42.9. The van der Waals surface area contributed by atoms with Gasteiger partial charge in [-0.3, -0.25) is 9.36 Å². The Hall–Kier alpha value is -1.54. The Bertz CT molecular complexity index is 1150. The monoisotopic (exact) mass is 908 g/mol. The lowest BCUT2D eigenvalue weighted by molar-refractivity contribution is -0.870. The van der Waals surface area contributed by atoms with E-state index in [0.29, 0.717) is 24.1 Å². The van der Waals surface area contributed by atoms with Gasteiger partial charge in [-0.05, 0) is 77.0 Å². The predicted octanol–water partition coefficient (Wildman–Crippen LogP) is 15.7. The molecule has 0 aliphatic carbocycles. The van der Waals surface area contributed by atoms with Crippen LogP contribution in [0.25, 0.3) is 0 Å². The van der Waals surface area contributed by atoms with E-state index in [1.165, 1.54) is 154 Å². The maximum Gasteiger partial charge on any atom is 0.306 e. The van der Waals surface area contributed by atoms with Crippen molar-refractivity contribution in [2.75, 3.05) is 54.1 Å². The molecule has 0 saturated heterocycles. The fourth-order valence-corrected chi connectivity index (χ4v) is 7.98. The predicted molar refractivity (Wildman–Crippen MR) is 268 cm³/mol. The summed E-state index contributed by atoms with van der Waals surface area (Å²) in [4.78, 5) is 25.2. The first-order valence-electron chi connectivity index (χ1n) is 26.4. The van der Waals surface area contributed by atoms with Gasteiger partial charge in [-0.2, -0.15) is 0 Å². The van der Waals surface area contributed by atoms with Crippen LogP contribution in [0.3, 0.4) is 0 Å². The summed E-state index contributed by atoms with van der Waals surface area (Å²) in [6, 6.07) is 0. The Labute approximate surface area is 390 Å². The molecule has 2 unspecified atom stereocenters. The largest absolute Gasteiger partial charge is 0.756 e. The third kappa shape index (κ3) is 51.3. The van der Waals surface area contributed by atoms with Crippen molar-refractivity contribution in [2.45, 2.75) is 238 Å². The number of carbonyl (C=O) groups excluding carboxylic acids is 1. The van der Waals surface area contributed by atoms with Crippen molar-refractivity contribution in [3.05, 3.63) is 48.6 Å². The lowest BCUT2D eigenvalue weighted by Gasteiger charge is -2.28. The number of phosphoric ester groups is 1. The van der Waals surface area contributed by atoms with Gasteiger partial charge >= 0.3 is 5.97 Å². The molecular formula is C54H102NO7P. The molecule has 0 aliphatic heterocycles. The van der Waals surface area contributed by atoms with E-state index in [1.54, 1.807) is 0 Å². The number of ether oxygens (including phenoxy) is 2. The van der Waals surface area contributed by atoms with Crippen LogP contribution in [0.2, 0.25) is 0 Å². The van der Waals surface area contributed by atoms with E-state index in [9.17, 15) is 14.3 Å². The van der Waals surface area contributed by atoms with Gasteiger partial charge in [0.25, 0.3) is 7.82 Å². The molecule has 0 heterocycles. The number of hydrogen-bond donors (Lipinski definition) is 0. The summed E-state index contributed by atoms with van der Waals surface area (Å²) < 4.78 is 34.7. The smallest absolute Gasteiger partial charge is 0.306 e. The lowest BCUT2D eigenvalue weighted by Crippen LogP contribution is -2.37. The van der Waals surface area contributed by atoms with Gasteiger partial charge < -0.3 is 27.9 Å². The number of likely N-dealkylation sites (N-methyl/N-ethyl adjacent to an activating group) is 1. The molecule has 0 aromatic heterocycles. The van der Waals surface area contributed by atoms with E-state index in [-0.39, 0.29) is 25.8 Å². The van der Waals surface area contributed by atoms with E-state index in [1.807, 2.05) is 21.1 Å². The number of rotatable bonds is 49. The molecule has 0 amide bonds. The molecular weight excluding hydrogens is 806 g/mol. The number of hydrogen-bond acceptors (Lipinski definition) is 7. The van der Waals surface area contributed by atoms with Crippen molar-refractivity contribution in [1.29, 1.82) is 0 Å². The summed E-state index contributed by atoms with van der Waals surface area (Å²) in [6.45, 7) is 5.37. The zero-order chi connectivity index (χ0) is 46.2. The maximum absolute atomic E-state index is 12.8. The van der Waals surface area contributed by atoms with Crippen LogP contribution in [0.1, 0.15) is 232 Å². The quantitative estimate of drug-likeness (QED) is 0.0197. The third-order valence-electron chi connectivity index (χ3n) is 11.4. The molecule has 0 radical (unpaired) electrons. The number of nitrogens with zero attached hydrogens (tertiary/aromatic N) is 1. The third-order valence-corrected chi connectivity index (χ3v) is 12.3. The van der Waals surface area contributed by atoms with E-state index < -0.39 is 13.9 Å². The molecule has 0 aliphatic rings. The molecule has 0 aromatic carbocycles. The second-order valence-corrected chi connectivity index (χ2v) is 20.3. The van der Waals surface area contributed by atoms with Crippen LogP contribution in [0, 0.1) is 0 Å². The van der Waals surface area contributed by atoms with Crippen molar-refractivity contribution in [3.8, 4) is 0 Å². The summed E-state index contributed by atoms with van der Waals surface area (Å²) in [7, 11) is 1.35. The highest BCUT2D eigenvalue weighted by Gasteiger charge is 2.20. The minimum absolute atomic E-state index is 0.0232. The molecule has 0 N–H and O–H groups in total. The van der Waals surface area contributed by atoms with Crippen LogP contribution in [0.4, 0.5) is 0 Å². The fraction of sp³-hybridized carbons (Fsp3) is 0.833. The van der Waals surface area contributed by atoms with Gasteiger partial charge in [-0.1, -0.05) is 197 Å². The molecule has 0 bridgehead atoms. The second kappa shape index (κ2) is 47.0. The Morgan fingerprint density at radius 1 is 0.492 bits per heavy atom. The first kappa shape index (κ1) is 61.5.